The van der Waals surface area contributed by atoms with Crippen molar-refractivity contribution >= 4 is 33.7 Å². The Labute approximate surface area is 160 Å². The van der Waals surface area contributed by atoms with Crippen molar-refractivity contribution in [3.63, 3.8) is 0 Å². The summed E-state index contributed by atoms with van der Waals surface area (Å²) >= 11 is 3.27. The Morgan fingerprint density at radius 3 is 2.46 bits per heavy atom. The lowest BCUT2D eigenvalue weighted by Gasteiger charge is -2.14. The van der Waals surface area contributed by atoms with Gasteiger partial charge in [-0.15, -0.1) is 0 Å². The predicted octanol–water partition coefficient (Wildman–Crippen LogP) is 2.43. The summed E-state index contributed by atoms with van der Waals surface area (Å²) in [5, 5.41) is 5.15. The standard InChI is InChI=1S/C19H19BrN2O4/c1-13(18(24)21-11-14-6-3-2-4-7-14)26-17(23)12-22-19(25)15-8-5-9-16(20)10-15/h2-10,13H,11-12H2,1H3,(H,21,24)(H,22,25). The van der Waals surface area contributed by atoms with Crippen LogP contribution in [0.15, 0.2) is 59.1 Å². The molecule has 6 nitrogen and oxygen atoms in total. The Kier molecular flexibility index (Phi) is 7.35. The molecule has 0 aliphatic rings. The lowest BCUT2D eigenvalue weighted by atomic mass is 10.2. The van der Waals surface area contributed by atoms with Gasteiger partial charge in [-0.2, -0.15) is 0 Å². The second-order valence-corrected chi connectivity index (χ2v) is 6.44. The third-order valence-electron chi connectivity index (χ3n) is 3.47. The molecule has 0 aliphatic heterocycles. The fourth-order valence-electron chi connectivity index (χ4n) is 2.11. The first kappa shape index (κ1) is 19.7. The van der Waals surface area contributed by atoms with Crippen molar-refractivity contribution in [2.24, 2.45) is 0 Å². The van der Waals surface area contributed by atoms with Gasteiger partial charge >= 0.3 is 5.97 Å². The Morgan fingerprint density at radius 1 is 1.04 bits per heavy atom. The second kappa shape index (κ2) is 9.72. The average molecular weight is 419 g/mol. The van der Waals surface area contributed by atoms with Gasteiger partial charge in [-0.1, -0.05) is 52.3 Å². The molecule has 0 radical (unpaired) electrons. The lowest BCUT2D eigenvalue weighted by Crippen LogP contribution is -2.38. The second-order valence-electron chi connectivity index (χ2n) is 5.53. The molecule has 2 aromatic rings. The van der Waals surface area contributed by atoms with E-state index in [1.807, 2.05) is 30.3 Å². The molecule has 7 heteroatoms. The molecule has 1 atom stereocenters. The van der Waals surface area contributed by atoms with Crippen LogP contribution < -0.4 is 10.6 Å². The number of hydrogen-bond donors (Lipinski definition) is 2. The summed E-state index contributed by atoms with van der Waals surface area (Å²) in [5.74, 6) is -1.49. The Bertz CT molecular complexity index is 780. The molecule has 0 fully saturated rings. The van der Waals surface area contributed by atoms with Crippen LogP contribution >= 0.6 is 15.9 Å². The highest BCUT2D eigenvalue weighted by molar-refractivity contribution is 9.10. The number of rotatable bonds is 7. The summed E-state index contributed by atoms with van der Waals surface area (Å²) in [6.07, 6.45) is -0.950. The summed E-state index contributed by atoms with van der Waals surface area (Å²) < 4.78 is 5.80. The van der Waals surface area contributed by atoms with Crippen molar-refractivity contribution in [1.82, 2.24) is 10.6 Å². The first-order valence-corrected chi connectivity index (χ1v) is 8.80. The summed E-state index contributed by atoms with van der Waals surface area (Å²) in [5.41, 5.74) is 1.36. The van der Waals surface area contributed by atoms with Crippen LogP contribution in [-0.4, -0.2) is 30.4 Å². The topological polar surface area (TPSA) is 84.5 Å². The molecule has 2 N–H and O–H groups in total. The zero-order valence-electron chi connectivity index (χ0n) is 14.2. The summed E-state index contributed by atoms with van der Waals surface area (Å²) in [7, 11) is 0. The molecule has 2 amide bonds. The molecule has 0 aliphatic carbocycles. The van der Waals surface area contributed by atoms with Crippen LogP contribution in [0.4, 0.5) is 0 Å². The molecule has 2 aromatic carbocycles. The van der Waals surface area contributed by atoms with Crippen molar-refractivity contribution in [2.75, 3.05) is 6.54 Å². The van der Waals surface area contributed by atoms with Gasteiger partial charge in [0, 0.05) is 16.6 Å². The average Bonchev–Trinajstić information content (AvgIpc) is 2.65. The van der Waals surface area contributed by atoms with Gasteiger partial charge < -0.3 is 15.4 Å². The van der Waals surface area contributed by atoms with Gasteiger partial charge in [0.05, 0.1) is 0 Å². The Morgan fingerprint density at radius 2 is 1.77 bits per heavy atom. The number of esters is 1. The van der Waals surface area contributed by atoms with E-state index < -0.39 is 23.9 Å². The number of amides is 2. The molecule has 136 valence electrons. The van der Waals surface area contributed by atoms with Gasteiger partial charge in [0.1, 0.15) is 6.54 Å². The van der Waals surface area contributed by atoms with Gasteiger partial charge in [-0.05, 0) is 30.7 Å². The van der Waals surface area contributed by atoms with E-state index >= 15 is 0 Å². The van der Waals surface area contributed by atoms with Crippen molar-refractivity contribution in [3.05, 3.63) is 70.2 Å². The van der Waals surface area contributed by atoms with E-state index in [1.54, 1.807) is 24.3 Å². The Hall–Kier alpha value is -2.67. The highest BCUT2D eigenvalue weighted by Crippen LogP contribution is 2.11. The first-order chi connectivity index (χ1) is 12.5. The fourth-order valence-corrected chi connectivity index (χ4v) is 2.50. The SMILES string of the molecule is CC(OC(=O)CNC(=O)c1cccc(Br)c1)C(=O)NCc1ccccc1. The molecule has 26 heavy (non-hydrogen) atoms. The minimum absolute atomic E-state index is 0.318. The largest absolute Gasteiger partial charge is 0.451 e. The summed E-state index contributed by atoms with van der Waals surface area (Å²) in [6.45, 7) is 1.51. The molecule has 0 saturated carbocycles. The number of carbonyl (C=O) groups excluding carboxylic acids is 3. The Balaban J connectivity index is 1.74. The molecular weight excluding hydrogens is 400 g/mol. The molecule has 0 aromatic heterocycles. The summed E-state index contributed by atoms with van der Waals surface area (Å²) in [4.78, 5) is 35.7. The van der Waals surface area contributed by atoms with E-state index in [1.165, 1.54) is 6.92 Å². The van der Waals surface area contributed by atoms with Crippen molar-refractivity contribution in [2.45, 2.75) is 19.6 Å². The van der Waals surface area contributed by atoms with E-state index in [-0.39, 0.29) is 6.54 Å². The van der Waals surface area contributed by atoms with Gasteiger partial charge in [-0.3, -0.25) is 14.4 Å². The molecule has 0 heterocycles. The van der Waals surface area contributed by atoms with E-state index in [0.717, 1.165) is 10.0 Å². The summed E-state index contributed by atoms with van der Waals surface area (Å²) in [6, 6.07) is 16.2. The molecule has 0 bridgehead atoms. The molecule has 0 spiro atoms. The van der Waals surface area contributed by atoms with Gasteiger partial charge in [0.15, 0.2) is 6.10 Å². The van der Waals surface area contributed by atoms with Crippen LogP contribution in [0.25, 0.3) is 0 Å². The zero-order chi connectivity index (χ0) is 18.9. The number of hydrogen-bond acceptors (Lipinski definition) is 4. The van der Waals surface area contributed by atoms with Crippen molar-refractivity contribution in [1.29, 1.82) is 0 Å². The quantitative estimate of drug-likeness (QED) is 0.676. The highest BCUT2D eigenvalue weighted by Gasteiger charge is 2.18. The molecule has 0 saturated heterocycles. The van der Waals surface area contributed by atoms with E-state index in [9.17, 15) is 14.4 Å². The van der Waals surface area contributed by atoms with E-state index in [2.05, 4.69) is 26.6 Å². The van der Waals surface area contributed by atoms with Gasteiger partial charge in [0.2, 0.25) is 0 Å². The highest BCUT2D eigenvalue weighted by atomic mass is 79.9. The van der Waals surface area contributed by atoms with Gasteiger partial charge in [0.25, 0.3) is 11.8 Å². The number of halogens is 1. The number of carbonyl (C=O) groups is 3. The minimum Gasteiger partial charge on any atom is -0.451 e. The third kappa shape index (κ3) is 6.33. The number of benzene rings is 2. The maximum atomic E-state index is 12.0. The first-order valence-electron chi connectivity index (χ1n) is 8.00. The predicted molar refractivity (Wildman–Crippen MR) is 100 cm³/mol. The van der Waals surface area contributed by atoms with Crippen LogP contribution in [0.2, 0.25) is 0 Å². The lowest BCUT2D eigenvalue weighted by molar-refractivity contribution is -0.153. The monoisotopic (exact) mass is 418 g/mol. The van der Waals surface area contributed by atoms with Crippen LogP contribution in [0.1, 0.15) is 22.8 Å². The van der Waals surface area contributed by atoms with E-state index in [4.69, 9.17) is 4.74 Å². The maximum absolute atomic E-state index is 12.0. The van der Waals surface area contributed by atoms with E-state index in [0.29, 0.717) is 12.1 Å². The van der Waals surface area contributed by atoms with Crippen LogP contribution in [-0.2, 0) is 20.9 Å². The number of nitrogens with one attached hydrogen (secondary N) is 2. The minimum atomic E-state index is -0.950. The van der Waals surface area contributed by atoms with Crippen molar-refractivity contribution < 1.29 is 19.1 Å². The van der Waals surface area contributed by atoms with Gasteiger partial charge in [-0.25, -0.2) is 0 Å². The van der Waals surface area contributed by atoms with Crippen molar-refractivity contribution in [3.8, 4) is 0 Å². The van der Waals surface area contributed by atoms with Crippen LogP contribution in [0.5, 0.6) is 0 Å². The van der Waals surface area contributed by atoms with Crippen LogP contribution in [0, 0.1) is 0 Å². The van der Waals surface area contributed by atoms with Crippen LogP contribution in [0.3, 0.4) is 0 Å². The fraction of sp³-hybridized carbons (Fsp3) is 0.211. The number of ether oxygens (including phenoxy) is 1. The molecule has 2 rings (SSSR count). The zero-order valence-corrected chi connectivity index (χ0v) is 15.8. The molecular formula is C19H19BrN2O4. The normalized spacial score (nSPS) is 11.3. The molecule has 1 unspecified atom stereocenters. The maximum Gasteiger partial charge on any atom is 0.326 e. The smallest absolute Gasteiger partial charge is 0.326 e. The third-order valence-corrected chi connectivity index (χ3v) is 3.96.